The van der Waals surface area contributed by atoms with E-state index in [2.05, 4.69) is 4.74 Å². The van der Waals surface area contributed by atoms with Crippen LogP contribution >= 0.6 is 0 Å². The summed E-state index contributed by atoms with van der Waals surface area (Å²) < 4.78 is 4.41. The van der Waals surface area contributed by atoms with E-state index in [9.17, 15) is 4.79 Å². The van der Waals surface area contributed by atoms with E-state index in [-0.39, 0.29) is 34.3 Å². The summed E-state index contributed by atoms with van der Waals surface area (Å²) in [5, 5.41) is 8.48. The molecule has 0 fully saturated rings. The van der Waals surface area contributed by atoms with Crippen molar-refractivity contribution in [3.63, 3.8) is 0 Å². The second-order valence-corrected chi connectivity index (χ2v) is 1.43. The summed E-state index contributed by atoms with van der Waals surface area (Å²) in [6.07, 6.45) is -0.991. The number of aliphatic hydroxyl groups excluding tert-OH is 1. The molecule has 56 valence electrons. The number of esters is 1. The van der Waals surface area contributed by atoms with Crippen LogP contribution in [0, 0.1) is 0 Å². The maximum Gasteiger partial charge on any atom is 1.00 e. The number of hydrogen-bond acceptors (Lipinski definition) is 3. The average Bonchev–Trinajstić information content (AvgIpc) is 1.67. The summed E-state index contributed by atoms with van der Waals surface area (Å²) in [6, 6.07) is 0. The van der Waals surface area contributed by atoms with Gasteiger partial charge in [0.25, 0.3) is 0 Å². The Morgan fingerprint density at radius 1 is 1.70 bits per heavy atom. The molecule has 0 aromatic rings. The Kier molecular flexibility index (Phi) is 15.7. The minimum atomic E-state index is -0.991. The fourth-order valence-corrected chi connectivity index (χ4v) is 0.263. The molecule has 1 atom stereocenters. The largest absolute Gasteiger partial charge is 1.00 e. The molecular formula is C5H10FNaO3. The van der Waals surface area contributed by atoms with E-state index in [4.69, 9.17) is 5.11 Å². The first kappa shape index (κ1) is 16.8. The summed E-state index contributed by atoms with van der Waals surface area (Å²) in [6.45, 7) is 3.39. The zero-order valence-corrected chi connectivity index (χ0v) is 8.43. The van der Waals surface area contributed by atoms with Crippen molar-refractivity contribution in [2.45, 2.75) is 20.0 Å². The van der Waals surface area contributed by atoms with E-state index < -0.39 is 12.1 Å². The molecule has 1 N–H and O–H groups in total. The SMILES string of the molecule is CCOC(=O)C(C)O.[F-].[Na+]. The molecule has 0 aliphatic heterocycles. The second kappa shape index (κ2) is 9.36. The Morgan fingerprint density at radius 2 is 2.10 bits per heavy atom. The van der Waals surface area contributed by atoms with Gasteiger partial charge in [0.2, 0.25) is 0 Å². The Bertz CT molecular complexity index is 87.0. The maximum absolute atomic E-state index is 10.3. The van der Waals surface area contributed by atoms with Crippen LogP contribution in [-0.2, 0) is 9.53 Å². The molecule has 0 aromatic carbocycles. The third-order valence-corrected chi connectivity index (χ3v) is 0.628. The van der Waals surface area contributed by atoms with Crippen LogP contribution in [0.25, 0.3) is 0 Å². The third kappa shape index (κ3) is 8.36. The zero-order chi connectivity index (χ0) is 6.57. The van der Waals surface area contributed by atoms with Gasteiger partial charge in [-0.15, -0.1) is 0 Å². The molecule has 0 saturated carbocycles. The van der Waals surface area contributed by atoms with E-state index in [1.165, 1.54) is 6.92 Å². The monoisotopic (exact) mass is 160 g/mol. The summed E-state index contributed by atoms with van der Waals surface area (Å²) in [5.74, 6) is -0.562. The van der Waals surface area contributed by atoms with Gasteiger partial charge < -0.3 is 14.5 Å². The molecule has 0 aromatic heterocycles. The molecule has 10 heavy (non-hydrogen) atoms. The van der Waals surface area contributed by atoms with Crippen LogP contribution in [0.4, 0.5) is 0 Å². The van der Waals surface area contributed by atoms with Gasteiger partial charge in [-0.2, -0.15) is 0 Å². The van der Waals surface area contributed by atoms with Crippen LogP contribution < -0.4 is 34.3 Å². The molecule has 0 heterocycles. The van der Waals surface area contributed by atoms with Crippen molar-refractivity contribution in [3.8, 4) is 0 Å². The van der Waals surface area contributed by atoms with Crippen molar-refractivity contribution >= 4 is 5.97 Å². The molecule has 0 saturated heterocycles. The van der Waals surface area contributed by atoms with Crippen LogP contribution in [-0.4, -0.2) is 23.8 Å². The van der Waals surface area contributed by atoms with E-state index >= 15 is 0 Å². The molecular weight excluding hydrogens is 150 g/mol. The normalized spacial score (nSPS) is 10.3. The molecule has 0 aliphatic carbocycles. The van der Waals surface area contributed by atoms with Crippen molar-refractivity contribution in [2.24, 2.45) is 0 Å². The van der Waals surface area contributed by atoms with Crippen LogP contribution in [0.1, 0.15) is 13.8 Å². The fourth-order valence-electron chi connectivity index (χ4n) is 0.263. The van der Waals surface area contributed by atoms with Gasteiger partial charge >= 0.3 is 35.5 Å². The first-order chi connectivity index (χ1) is 3.68. The van der Waals surface area contributed by atoms with Crippen LogP contribution in [0.15, 0.2) is 0 Å². The van der Waals surface area contributed by atoms with E-state index in [1.807, 2.05) is 0 Å². The Morgan fingerprint density at radius 3 is 2.20 bits per heavy atom. The first-order valence-electron chi connectivity index (χ1n) is 2.53. The quantitative estimate of drug-likeness (QED) is 0.323. The van der Waals surface area contributed by atoms with E-state index in [0.717, 1.165) is 0 Å². The molecule has 0 rings (SSSR count). The molecule has 0 bridgehead atoms. The van der Waals surface area contributed by atoms with E-state index in [0.29, 0.717) is 6.61 Å². The number of ether oxygens (including phenoxy) is 1. The van der Waals surface area contributed by atoms with Crippen molar-refractivity contribution in [1.82, 2.24) is 0 Å². The smallest absolute Gasteiger partial charge is 1.00 e. The number of hydrogen-bond donors (Lipinski definition) is 1. The predicted octanol–water partition coefficient (Wildman–Crippen LogP) is -6.06. The molecule has 0 radical (unpaired) electrons. The van der Waals surface area contributed by atoms with Gasteiger partial charge in [0.1, 0.15) is 6.10 Å². The van der Waals surface area contributed by atoms with Gasteiger partial charge in [-0.1, -0.05) is 0 Å². The zero-order valence-electron chi connectivity index (χ0n) is 6.43. The van der Waals surface area contributed by atoms with Crippen molar-refractivity contribution < 1.29 is 48.9 Å². The molecule has 0 aliphatic rings. The molecule has 0 amide bonds. The van der Waals surface area contributed by atoms with E-state index in [1.54, 1.807) is 6.92 Å². The Balaban J connectivity index is -0.000000245. The number of halogens is 1. The maximum atomic E-state index is 10.3. The van der Waals surface area contributed by atoms with Gasteiger partial charge in [-0.3, -0.25) is 0 Å². The number of carbonyl (C=O) groups is 1. The number of carbonyl (C=O) groups excluding carboxylic acids is 1. The summed E-state index contributed by atoms with van der Waals surface area (Å²) in [7, 11) is 0. The summed E-state index contributed by atoms with van der Waals surface area (Å²) in [4.78, 5) is 10.3. The van der Waals surface area contributed by atoms with Crippen molar-refractivity contribution in [3.05, 3.63) is 0 Å². The Hall–Kier alpha value is 0.360. The first-order valence-corrected chi connectivity index (χ1v) is 2.53. The van der Waals surface area contributed by atoms with Crippen LogP contribution in [0.2, 0.25) is 0 Å². The molecule has 1 unspecified atom stereocenters. The summed E-state index contributed by atoms with van der Waals surface area (Å²) >= 11 is 0. The van der Waals surface area contributed by atoms with Gasteiger partial charge in [-0.05, 0) is 13.8 Å². The topological polar surface area (TPSA) is 46.5 Å². The minimum Gasteiger partial charge on any atom is -1.00 e. The second-order valence-electron chi connectivity index (χ2n) is 1.43. The van der Waals surface area contributed by atoms with Gasteiger partial charge in [0, 0.05) is 0 Å². The van der Waals surface area contributed by atoms with Gasteiger partial charge in [0.05, 0.1) is 6.61 Å². The minimum absolute atomic E-state index is 0. The number of rotatable bonds is 2. The molecule has 0 spiro atoms. The van der Waals surface area contributed by atoms with Crippen LogP contribution in [0.3, 0.4) is 0 Å². The third-order valence-electron chi connectivity index (χ3n) is 0.628. The fraction of sp³-hybridized carbons (Fsp3) is 0.800. The van der Waals surface area contributed by atoms with Crippen molar-refractivity contribution in [1.29, 1.82) is 0 Å². The average molecular weight is 160 g/mol. The predicted molar refractivity (Wildman–Crippen MR) is 28.3 cm³/mol. The van der Waals surface area contributed by atoms with Gasteiger partial charge in [-0.25, -0.2) is 4.79 Å². The number of aliphatic hydroxyl groups is 1. The standard InChI is InChI=1S/C5H10O3.FH.Na/c1-3-8-5(7)4(2)6;;/h4,6H,3H2,1-2H3;1H;/q;;+1/p-1. The summed E-state index contributed by atoms with van der Waals surface area (Å²) in [5.41, 5.74) is 0. The molecule has 3 nitrogen and oxygen atoms in total. The van der Waals surface area contributed by atoms with Crippen molar-refractivity contribution in [2.75, 3.05) is 6.61 Å². The van der Waals surface area contributed by atoms with Gasteiger partial charge in [0.15, 0.2) is 0 Å². The Labute approximate surface area is 81.4 Å². The molecule has 5 heteroatoms. The van der Waals surface area contributed by atoms with Crippen LogP contribution in [0.5, 0.6) is 0 Å².